The summed E-state index contributed by atoms with van der Waals surface area (Å²) >= 11 is 2.35. The topological polar surface area (TPSA) is 23.5 Å². The van der Waals surface area contributed by atoms with Crippen LogP contribution in [0, 0.1) is 15.4 Å². The molecule has 24 heavy (non-hydrogen) atoms. The van der Waals surface area contributed by atoms with Gasteiger partial charge in [-0.3, -0.25) is 4.90 Å². The highest BCUT2D eigenvalue weighted by Crippen LogP contribution is 2.49. The zero-order chi connectivity index (χ0) is 16.6. The van der Waals surface area contributed by atoms with Crippen molar-refractivity contribution in [3.05, 3.63) is 69.3 Å². The maximum Gasteiger partial charge on any atom is 0.0977 e. The van der Waals surface area contributed by atoms with Gasteiger partial charge in [-0.05, 0) is 58.7 Å². The maximum absolute atomic E-state index is 11.7. The summed E-state index contributed by atoms with van der Waals surface area (Å²) in [5.41, 5.74) is 1.85. The molecule has 2 fully saturated rings. The zero-order valence-electron chi connectivity index (χ0n) is 13.9. The van der Waals surface area contributed by atoms with E-state index in [1.54, 1.807) is 0 Å². The Bertz CT molecular complexity index is 688. The van der Waals surface area contributed by atoms with Crippen LogP contribution in [0.2, 0.25) is 0 Å². The Balaban J connectivity index is 1.59. The van der Waals surface area contributed by atoms with E-state index >= 15 is 0 Å². The van der Waals surface area contributed by atoms with E-state index in [-0.39, 0.29) is 0 Å². The summed E-state index contributed by atoms with van der Waals surface area (Å²) in [5, 5.41) is 11.7. The summed E-state index contributed by atoms with van der Waals surface area (Å²) in [4.78, 5) is 2.55. The van der Waals surface area contributed by atoms with Crippen LogP contribution in [0.5, 0.6) is 0 Å². The third kappa shape index (κ3) is 3.02. The molecular formula is C21H24INO. The molecule has 1 saturated carbocycles. The van der Waals surface area contributed by atoms with Crippen LogP contribution in [0.25, 0.3) is 0 Å². The smallest absolute Gasteiger partial charge is 0.0977 e. The summed E-state index contributed by atoms with van der Waals surface area (Å²) in [5.74, 6) is 0.679. The van der Waals surface area contributed by atoms with Gasteiger partial charge in [-0.25, -0.2) is 0 Å². The van der Waals surface area contributed by atoms with Gasteiger partial charge in [0.25, 0.3) is 0 Å². The van der Waals surface area contributed by atoms with Gasteiger partial charge in [0.15, 0.2) is 0 Å². The third-order valence-corrected chi connectivity index (χ3v) is 6.51. The first-order valence-corrected chi connectivity index (χ1v) is 9.99. The molecule has 0 amide bonds. The Hall–Kier alpha value is -0.910. The Kier molecular flexibility index (Phi) is 4.67. The number of halogens is 1. The van der Waals surface area contributed by atoms with Crippen molar-refractivity contribution in [2.24, 2.45) is 11.8 Å². The van der Waals surface area contributed by atoms with Gasteiger partial charge in [0.2, 0.25) is 0 Å². The molecule has 1 aliphatic heterocycles. The highest BCUT2D eigenvalue weighted by Gasteiger charge is 2.51. The minimum atomic E-state index is -0.646. The van der Waals surface area contributed by atoms with Gasteiger partial charge >= 0.3 is 0 Å². The molecule has 1 N–H and O–H groups in total. The third-order valence-electron chi connectivity index (χ3n) is 5.84. The van der Waals surface area contributed by atoms with Gasteiger partial charge in [-0.1, -0.05) is 48.9 Å². The fourth-order valence-corrected chi connectivity index (χ4v) is 5.27. The van der Waals surface area contributed by atoms with Crippen LogP contribution in [0.3, 0.4) is 0 Å². The number of aliphatic hydroxyl groups is 1. The Labute approximate surface area is 158 Å². The standard InChI is InChI=1S/C21H24INO/c22-20-11-5-8-17(12-20)21(24)18-9-4-10-19(21)15-23(14-18)13-16-6-2-1-3-7-16/h1-3,5-8,11-12,18-19,24H,4,9-10,13-15H2/t18-,19?,21-/m0/s1. The van der Waals surface area contributed by atoms with Gasteiger partial charge < -0.3 is 5.11 Å². The van der Waals surface area contributed by atoms with Crippen LogP contribution in [0.1, 0.15) is 30.4 Å². The first kappa shape index (κ1) is 16.6. The van der Waals surface area contributed by atoms with E-state index < -0.39 is 5.60 Å². The van der Waals surface area contributed by atoms with Crippen LogP contribution in [0.4, 0.5) is 0 Å². The second-order valence-electron chi connectivity index (χ2n) is 7.34. The van der Waals surface area contributed by atoms with Crippen molar-refractivity contribution in [2.45, 2.75) is 31.4 Å². The first-order valence-electron chi connectivity index (χ1n) is 8.91. The predicted octanol–water partition coefficient (Wildman–Crippen LogP) is 4.41. The fraction of sp³-hybridized carbons (Fsp3) is 0.429. The molecule has 126 valence electrons. The lowest BCUT2D eigenvalue weighted by atomic mass is 9.62. The van der Waals surface area contributed by atoms with E-state index in [9.17, 15) is 5.11 Å². The zero-order valence-corrected chi connectivity index (χ0v) is 16.0. The highest BCUT2D eigenvalue weighted by atomic mass is 127. The first-order chi connectivity index (χ1) is 11.7. The number of likely N-dealkylation sites (tertiary alicyclic amines) is 1. The van der Waals surface area contributed by atoms with Crippen molar-refractivity contribution < 1.29 is 5.11 Å². The molecule has 0 radical (unpaired) electrons. The number of hydrogen-bond donors (Lipinski definition) is 1. The predicted molar refractivity (Wildman–Crippen MR) is 106 cm³/mol. The van der Waals surface area contributed by atoms with Gasteiger partial charge in [-0.2, -0.15) is 0 Å². The van der Waals surface area contributed by atoms with E-state index in [1.807, 2.05) is 0 Å². The van der Waals surface area contributed by atoms with Crippen molar-refractivity contribution in [2.75, 3.05) is 13.1 Å². The van der Waals surface area contributed by atoms with Crippen molar-refractivity contribution in [1.29, 1.82) is 0 Å². The van der Waals surface area contributed by atoms with Crippen molar-refractivity contribution >= 4 is 22.6 Å². The Morgan fingerprint density at radius 3 is 2.38 bits per heavy atom. The molecule has 1 saturated heterocycles. The molecule has 2 nitrogen and oxygen atoms in total. The van der Waals surface area contributed by atoms with Crippen LogP contribution in [-0.4, -0.2) is 23.1 Å². The Morgan fingerprint density at radius 1 is 1.00 bits per heavy atom. The van der Waals surface area contributed by atoms with Gasteiger partial charge in [-0.15, -0.1) is 0 Å². The van der Waals surface area contributed by atoms with E-state index in [0.29, 0.717) is 11.8 Å². The SMILES string of the molecule is O[C@]1(c2cccc(I)c2)C2CCC[C@H]1CN(Cc1ccccc1)C2. The summed E-state index contributed by atoms with van der Waals surface area (Å²) in [6, 6.07) is 19.2. The van der Waals surface area contributed by atoms with Crippen LogP contribution in [0.15, 0.2) is 54.6 Å². The number of fused-ring (bicyclic) bond motifs is 2. The molecule has 2 bridgehead atoms. The molecule has 1 unspecified atom stereocenters. The molecule has 4 rings (SSSR count). The van der Waals surface area contributed by atoms with Crippen LogP contribution >= 0.6 is 22.6 Å². The minimum absolute atomic E-state index is 0.340. The molecule has 2 aromatic carbocycles. The molecule has 3 heteroatoms. The number of benzene rings is 2. The van der Waals surface area contributed by atoms with Gasteiger partial charge in [0, 0.05) is 35.0 Å². The van der Waals surface area contributed by atoms with Crippen LogP contribution < -0.4 is 0 Å². The monoisotopic (exact) mass is 433 g/mol. The summed E-state index contributed by atoms with van der Waals surface area (Å²) in [7, 11) is 0. The van der Waals surface area contributed by atoms with E-state index in [0.717, 1.165) is 38.0 Å². The lowest BCUT2D eigenvalue weighted by Gasteiger charge is -2.53. The molecule has 3 atom stereocenters. The minimum Gasteiger partial charge on any atom is -0.384 e. The summed E-state index contributed by atoms with van der Waals surface area (Å²) in [6.45, 7) is 2.98. The highest BCUT2D eigenvalue weighted by molar-refractivity contribution is 14.1. The fourth-order valence-electron chi connectivity index (χ4n) is 4.72. The van der Waals surface area contributed by atoms with Crippen molar-refractivity contribution in [3.8, 4) is 0 Å². The number of nitrogens with zero attached hydrogens (tertiary/aromatic N) is 1. The summed E-state index contributed by atoms with van der Waals surface area (Å²) in [6.07, 6.45) is 3.51. The average molecular weight is 433 g/mol. The van der Waals surface area contributed by atoms with Crippen molar-refractivity contribution in [3.63, 3.8) is 0 Å². The molecule has 1 aliphatic carbocycles. The Morgan fingerprint density at radius 2 is 1.71 bits per heavy atom. The van der Waals surface area contributed by atoms with Gasteiger partial charge in [0.1, 0.15) is 0 Å². The average Bonchev–Trinajstić information content (AvgIpc) is 2.57. The normalized spacial score (nSPS) is 30.2. The van der Waals surface area contributed by atoms with Gasteiger partial charge in [0.05, 0.1) is 5.60 Å². The summed E-state index contributed by atoms with van der Waals surface area (Å²) < 4.78 is 1.21. The molecule has 2 aromatic rings. The quantitative estimate of drug-likeness (QED) is 0.725. The lowest BCUT2D eigenvalue weighted by Crippen LogP contribution is -2.57. The maximum atomic E-state index is 11.7. The molecule has 1 heterocycles. The number of piperidine rings is 1. The van der Waals surface area contributed by atoms with E-state index in [1.165, 1.54) is 15.6 Å². The number of rotatable bonds is 3. The molecule has 0 aromatic heterocycles. The lowest BCUT2D eigenvalue weighted by molar-refractivity contribution is -0.148. The molecular weight excluding hydrogens is 409 g/mol. The largest absolute Gasteiger partial charge is 0.384 e. The van der Waals surface area contributed by atoms with Crippen LogP contribution in [-0.2, 0) is 12.1 Å². The van der Waals surface area contributed by atoms with Crippen molar-refractivity contribution in [1.82, 2.24) is 4.90 Å². The number of hydrogen-bond acceptors (Lipinski definition) is 2. The second-order valence-corrected chi connectivity index (χ2v) is 8.59. The van der Waals surface area contributed by atoms with E-state index in [4.69, 9.17) is 0 Å². The second kappa shape index (κ2) is 6.77. The molecule has 0 spiro atoms. The van der Waals surface area contributed by atoms with E-state index in [2.05, 4.69) is 82.1 Å². The molecule has 2 aliphatic rings.